The van der Waals surface area contributed by atoms with Crippen molar-refractivity contribution in [2.24, 2.45) is 21.7 Å². The summed E-state index contributed by atoms with van der Waals surface area (Å²) in [5, 5.41) is 0. The van der Waals surface area contributed by atoms with E-state index in [0.29, 0.717) is 10.8 Å². The van der Waals surface area contributed by atoms with E-state index in [4.69, 9.17) is 0 Å². The monoisotopic (exact) mass is 1000 g/mol. The highest BCUT2D eigenvalue weighted by Gasteiger charge is 2.48. The summed E-state index contributed by atoms with van der Waals surface area (Å²) in [6.45, 7) is 35.2. The molecule has 0 spiro atoms. The van der Waals surface area contributed by atoms with Crippen LogP contribution in [-0.2, 0) is 25.7 Å². The maximum atomic E-state index is 12.5. The van der Waals surface area contributed by atoms with Crippen molar-refractivity contribution in [2.45, 2.75) is 163 Å². The van der Waals surface area contributed by atoms with Crippen LogP contribution in [0.25, 0.3) is 0 Å². The summed E-state index contributed by atoms with van der Waals surface area (Å²) < 4.78 is 75.2. The highest BCUT2D eigenvalue weighted by molar-refractivity contribution is 7.13. The van der Waals surface area contributed by atoms with E-state index < -0.39 is 23.2 Å². The number of aryl methyl sites for hydroxylation is 8. The zero-order chi connectivity index (χ0) is 49.5. The molecular weight excluding hydrogens is 931 g/mol. The molecule has 6 heterocycles. The maximum absolute atomic E-state index is 12.5. The van der Waals surface area contributed by atoms with E-state index in [1.54, 1.807) is 12.1 Å². The fourth-order valence-corrected chi connectivity index (χ4v) is 11.7. The van der Waals surface area contributed by atoms with Crippen molar-refractivity contribution < 1.29 is 26.3 Å². The Kier molecular flexibility index (Phi) is 24.1. The Hall–Kier alpha value is -2.22. The van der Waals surface area contributed by atoms with E-state index >= 15 is 0 Å². The first-order valence-corrected chi connectivity index (χ1v) is 26.3. The van der Waals surface area contributed by atoms with Crippen LogP contribution in [0.1, 0.15) is 128 Å². The van der Waals surface area contributed by atoms with Crippen LogP contribution in [0.4, 0.5) is 26.3 Å². The minimum Gasteiger partial charge on any atom is -0.171 e. The average molecular weight is 1010 g/mol. The lowest BCUT2D eigenvalue weighted by Gasteiger charge is -2.26. The van der Waals surface area contributed by atoms with Crippen molar-refractivity contribution in [2.75, 3.05) is 0 Å². The molecule has 0 bridgehead atoms. The van der Waals surface area contributed by atoms with Crippen molar-refractivity contribution in [1.29, 1.82) is 0 Å². The molecule has 0 saturated carbocycles. The molecule has 6 aromatic rings. The van der Waals surface area contributed by atoms with Gasteiger partial charge in [0.2, 0.25) is 0 Å². The Morgan fingerprint density at radius 3 is 0.578 bits per heavy atom. The number of alkyl halides is 6. The van der Waals surface area contributed by atoms with Gasteiger partial charge in [0.25, 0.3) is 0 Å². The van der Waals surface area contributed by atoms with Gasteiger partial charge in [-0.15, -0.1) is 68.0 Å². The molecule has 0 aliphatic heterocycles. The van der Waals surface area contributed by atoms with Crippen LogP contribution in [0.3, 0.4) is 0 Å². The van der Waals surface area contributed by atoms with Crippen LogP contribution in [0.5, 0.6) is 0 Å². The van der Waals surface area contributed by atoms with E-state index in [2.05, 4.69) is 132 Å². The number of hydrogen-bond donors (Lipinski definition) is 0. The SMILES string of the molecule is Cc1ccc(C)s1.Cc1ccc(C)s1.Cc1ccc(CC(C)(C)C(F)(F)F)s1.Cc1ccc(CC(C)(C)C(F)(F)F)s1.Cc1ccc(CC(C)(C)C)s1.Cc1ccc(CC(C)(C)C)s1. The van der Waals surface area contributed by atoms with Crippen LogP contribution < -0.4 is 0 Å². The lowest BCUT2D eigenvalue weighted by atomic mass is 9.88. The first kappa shape index (κ1) is 59.8. The van der Waals surface area contributed by atoms with Crippen LogP contribution in [-0.4, -0.2) is 12.4 Å². The van der Waals surface area contributed by atoms with Gasteiger partial charge in [-0.25, -0.2) is 0 Å². The highest BCUT2D eigenvalue weighted by Crippen LogP contribution is 2.42. The first-order chi connectivity index (χ1) is 29.0. The Balaban J connectivity index is 0.000000391. The molecule has 0 fully saturated rings. The quantitative estimate of drug-likeness (QED) is 0.146. The molecule has 0 nitrogen and oxygen atoms in total. The maximum Gasteiger partial charge on any atom is 0.394 e. The molecule has 0 aliphatic rings. The summed E-state index contributed by atoms with van der Waals surface area (Å²) in [7, 11) is 0. The standard InChI is InChI=1S/2C10H13F3S.2C10H16S.2C6H8S/c2*1-7-4-5-8(14-7)6-9(2,3)10(11,12)13;2*1-8-5-6-9(11-8)7-10(2,3)4;2*1-5-3-4-6(2)7-5/h2*4-5H,6H2,1-3H3;2*5-6H,7H2,1-4H3;2*3-4H,1-2H3. The largest absolute Gasteiger partial charge is 0.394 e. The highest BCUT2D eigenvalue weighted by atomic mass is 32.1. The molecule has 12 heteroatoms. The Morgan fingerprint density at radius 2 is 0.453 bits per heavy atom. The second-order valence-corrected chi connectivity index (χ2v) is 28.4. The van der Waals surface area contributed by atoms with Crippen LogP contribution >= 0.6 is 68.0 Å². The average Bonchev–Trinajstić information content (AvgIpc) is 3.98. The summed E-state index contributed by atoms with van der Waals surface area (Å²) >= 11 is 10.4. The zero-order valence-corrected chi connectivity index (χ0v) is 46.4. The molecule has 6 rings (SSSR count). The van der Waals surface area contributed by atoms with Crippen molar-refractivity contribution in [3.63, 3.8) is 0 Å². The predicted octanol–water partition coefficient (Wildman–Crippen LogP) is 20.4. The molecule has 0 radical (unpaired) electrons. The second kappa shape index (κ2) is 25.8. The second-order valence-electron chi connectivity index (χ2n) is 20.0. The summed E-state index contributed by atoms with van der Waals surface area (Å²) in [6.07, 6.45) is -5.74. The van der Waals surface area contributed by atoms with Crippen molar-refractivity contribution in [3.8, 4) is 0 Å². The molecule has 0 aromatic carbocycles. The molecule has 0 N–H and O–H groups in total. The number of rotatable bonds is 6. The smallest absolute Gasteiger partial charge is 0.171 e. The molecule has 64 heavy (non-hydrogen) atoms. The first-order valence-electron chi connectivity index (χ1n) is 21.4. The Labute approximate surface area is 407 Å². The predicted molar refractivity (Wildman–Crippen MR) is 277 cm³/mol. The molecule has 0 saturated heterocycles. The molecule has 0 atom stereocenters. The summed E-state index contributed by atoms with van der Waals surface area (Å²) in [4.78, 5) is 15.2. The fraction of sp³-hybridized carbons (Fsp3) is 0.538. The Bertz CT molecular complexity index is 1990. The van der Waals surface area contributed by atoms with Gasteiger partial charge < -0.3 is 0 Å². The summed E-state index contributed by atoms with van der Waals surface area (Å²) in [6, 6.07) is 24.7. The molecule has 0 amide bonds. The minimum absolute atomic E-state index is 0.0645. The van der Waals surface area contributed by atoms with Crippen molar-refractivity contribution in [1.82, 2.24) is 0 Å². The third-order valence-corrected chi connectivity index (χ3v) is 14.9. The third kappa shape index (κ3) is 25.6. The molecule has 0 unspecified atom stereocenters. The summed E-state index contributed by atoms with van der Waals surface area (Å²) in [5.74, 6) is 0. The number of hydrogen-bond acceptors (Lipinski definition) is 6. The van der Waals surface area contributed by atoms with Gasteiger partial charge in [0.1, 0.15) is 0 Å². The summed E-state index contributed by atoms with van der Waals surface area (Å²) in [5.41, 5.74) is -2.41. The molecular formula is C52H74F6S6. The molecule has 6 aromatic heterocycles. The van der Waals surface area contributed by atoms with E-state index in [0.717, 1.165) is 19.5 Å². The lowest BCUT2D eigenvalue weighted by Crippen LogP contribution is -2.33. The van der Waals surface area contributed by atoms with Gasteiger partial charge in [-0.1, -0.05) is 69.2 Å². The Morgan fingerprint density at radius 1 is 0.281 bits per heavy atom. The topological polar surface area (TPSA) is 0 Å². The fourth-order valence-electron chi connectivity index (χ4n) is 5.55. The van der Waals surface area contributed by atoms with Crippen LogP contribution in [0, 0.1) is 77.0 Å². The van der Waals surface area contributed by atoms with Gasteiger partial charge in [0.15, 0.2) is 0 Å². The number of thiophene rings is 6. The van der Waals surface area contributed by atoms with Crippen molar-refractivity contribution in [3.05, 3.63) is 131 Å². The van der Waals surface area contributed by atoms with E-state index in [1.165, 1.54) is 102 Å². The normalized spacial score (nSPS) is 12.0. The van der Waals surface area contributed by atoms with Gasteiger partial charge in [0.05, 0.1) is 10.8 Å². The van der Waals surface area contributed by atoms with Crippen molar-refractivity contribution >= 4 is 68.0 Å². The third-order valence-electron chi connectivity index (χ3n) is 9.11. The van der Waals surface area contributed by atoms with Gasteiger partial charge >= 0.3 is 12.4 Å². The van der Waals surface area contributed by atoms with Gasteiger partial charge in [-0.05, 0) is 165 Å². The molecule has 0 aliphatic carbocycles. The van der Waals surface area contributed by atoms with E-state index in [1.807, 2.05) is 71.3 Å². The zero-order valence-electron chi connectivity index (χ0n) is 41.5. The van der Waals surface area contributed by atoms with Gasteiger partial charge in [0, 0.05) is 58.5 Å². The van der Waals surface area contributed by atoms with Gasteiger partial charge in [-0.2, -0.15) is 26.3 Å². The van der Waals surface area contributed by atoms with Crippen LogP contribution in [0.15, 0.2) is 72.8 Å². The van der Waals surface area contributed by atoms with Crippen LogP contribution in [0.2, 0.25) is 0 Å². The minimum atomic E-state index is -4.13. The van der Waals surface area contributed by atoms with Gasteiger partial charge in [-0.3, -0.25) is 0 Å². The number of halogens is 6. The van der Waals surface area contributed by atoms with E-state index in [-0.39, 0.29) is 12.8 Å². The molecule has 360 valence electrons. The lowest BCUT2D eigenvalue weighted by molar-refractivity contribution is -0.211. The van der Waals surface area contributed by atoms with E-state index in [9.17, 15) is 26.3 Å².